The minimum absolute atomic E-state index is 0.506. The topological polar surface area (TPSA) is 34.1 Å². The maximum atomic E-state index is 5.80. The van der Waals surface area contributed by atoms with Crippen molar-refractivity contribution in [3.8, 4) is 5.75 Å². The molecule has 0 radical (unpaired) electrons. The van der Waals surface area contributed by atoms with Gasteiger partial charge in [-0.3, -0.25) is 0 Å². The Morgan fingerprint density at radius 2 is 2.50 bits per heavy atom. The van der Waals surface area contributed by atoms with Crippen molar-refractivity contribution in [2.75, 3.05) is 13.2 Å². The van der Waals surface area contributed by atoms with Crippen molar-refractivity contribution in [1.29, 1.82) is 0 Å². The second-order valence-electron chi connectivity index (χ2n) is 3.53. The minimum Gasteiger partial charge on any atom is -0.490 e. The molecule has 1 N–H and O–H groups in total. The van der Waals surface area contributed by atoms with Gasteiger partial charge in [0, 0.05) is 6.04 Å². The van der Waals surface area contributed by atoms with Gasteiger partial charge in [-0.25, -0.2) is 4.98 Å². The molecule has 0 spiro atoms. The molecule has 1 aliphatic rings. The van der Waals surface area contributed by atoms with Crippen LogP contribution in [0, 0.1) is 6.92 Å². The number of nitrogens with zero attached hydrogens (tertiary/aromatic N) is 1. The van der Waals surface area contributed by atoms with E-state index in [9.17, 15) is 0 Å². The maximum Gasteiger partial charge on any atom is 0.138 e. The smallest absolute Gasteiger partial charge is 0.138 e. The molecule has 0 unspecified atom stereocenters. The molecule has 1 aliphatic heterocycles. The van der Waals surface area contributed by atoms with Gasteiger partial charge in [-0.1, -0.05) is 11.6 Å². The first kappa shape index (κ1) is 9.74. The largest absolute Gasteiger partial charge is 0.490 e. The predicted molar refractivity (Wildman–Crippen MR) is 55.9 cm³/mol. The van der Waals surface area contributed by atoms with E-state index in [0.717, 1.165) is 17.9 Å². The molecular formula is C10H13ClN2O. The van der Waals surface area contributed by atoms with E-state index in [1.165, 1.54) is 6.42 Å². The van der Waals surface area contributed by atoms with E-state index in [1.807, 2.05) is 13.0 Å². The molecule has 1 fully saturated rings. The number of hydrogen-bond donors (Lipinski definition) is 1. The number of nitrogens with one attached hydrogen (secondary N) is 1. The number of rotatable bonds is 3. The van der Waals surface area contributed by atoms with Crippen molar-refractivity contribution in [2.45, 2.75) is 19.4 Å². The highest BCUT2D eigenvalue weighted by Crippen LogP contribution is 2.18. The summed E-state index contributed by atoms with van der Waals surface area (Å²) in [7, 11) is 0. The average Bonchev–Trinajstić information content (AvgIpc) is 2.08. The van der Waals surface area contributed by atoms with Crippen LogP contribution in [0.15, 0.2) is 12.3 Å². The number of pyridine rings is 1. The zero-order valence-corrected chi connectivity index (χ0v) is 8.84. The molecule has 0 amide bonds. The van der Waals surface area contributed by atoms with E-state index in [2.05, 4.69) is 10.3 Å². The number of ether oxygens (including phenoxy) is 1. The van der Waals surface area contributed by atoms with Crippen molar-refractivity contribution in [3.63, 3.8) is 0 Å². The predicted octanol–water partition coefficient (Wildman–Crippen LogP) is 1.78. The van der Waals surface area contributed by atoms with Gasteiger partial charge in [0.2, 0.25) is 0 Å². The molecular weight excluding hydrogens is 200 g/mol. The zero-order chi connectivity index (χ0) is 9.97. The van der Waals surface area contributed by atoms with Crippen LogP contribution >= 0.6 is 11.6 Å². The van der Waals surface area contributed by atoms with Gasteiger partial charge in [-0.15, -0.1) is 0 Å². The number of aromatic nitrogens is 1. The van der Waals surface area contributed by atoms with Gasteiger partial charge in [-0.05, 0) is 31.5 Å². The third-order valence-electron chi connectivity index (χ3n) is 2.37. The number of hydrogen-bond acceptors (Lipinski definition) is 3. The molecule has 3 nitrogen and oxygen atoms in total. The van der Waals surface area contributed by atoms with Crippen LogP contribution in [-0.4, -0.2) is 24.2 Å². The van der Waals surface area contributed by atoms with Crippen LogP contribution < -0.4 is 10.1 Å². The highest BCUT2D eigenvalue weighted by Gasteiger charge is 2.16. The van der Waals surface area contributed by atoms with Crippen LogP contribution in [0.4, 0.5) is 0 Å². The summed E-state index contributed by atoms with van der Waals surface area (Å²) in [5.74, 6) is 0.792. The lowest BCUT2D eigenvalue weighted by molar-refractivity contribution is 0.217. The van der Waals surface area contributed by atoms with Gasteiger partial charge in [-0.2, -0.15) is 0 Å². The third kappa shape index (κ3) is 2.16. The molecule has 0 aromatic carbocycles. The van der Waals surface area contributed by atoms with Gasteiger partial charge in [0.05, 0.1) is 6.20 Å². The summed E-state index contributed by atoms with van der Waals surface area (Å²) in [6.07, 6.45) is 2.86. The summed E-state index contributed by atoms with van der Waals surface area (Å²) in [6.45, 7) is 3.73. The maximum absolute atomic E-state index is 5.80. The molecule has 76 valence electrons. The number of halogens is 1. The molecule has 1 aromatic rings. The van der Waals surface area contributed by atoms with Crippen LogP contribution in [0.1, 0.15) is 12.0 Å². The Kier molecular flexibility index (Phi) is 2.89. The Hall–Kier alpha value is -0.800. The molecule has 1 aromatic heterocycles. The normalized spacial score (nSPS) is 20.3. The highest BCUT2D eigenvalue weighted by atomic mass is 35.5. The van der Waals surface area contributed by atoms with Crippen molar-refractivity contribution < 1.29 is 4.74 Å². The van der Waals surface area contributed by atoms with Crippen molar-refractivity contribution in [2.24, 2.45) is 0 Å². The van der Waals surface area contributed by atoms with Gasteiger partial charge in [0.25, 0.3) is 0 Å². The van der Waals surface area contributed by atoms with Crippen LogP contribution in [0.2, 0.25) is 5.15 Å². The summed E-state index contributed by atoms with van der Waals surface area (Å²) >= 11 is 5.80. The van der Waals surface area contributed by atoms with Crippen molar-refractivity contribution in [1.82, 2.24) is 10.3 Å². The second-order valence-corrected chi connectivity index (χ2v) is 3.89. The Bertz CT molecular complexity index is 326. The Morgan fingerprint density at radius 3 is 3.07 bits per heavy atom. The fraction of sp³-hybridized carbons (Fsp3) is 0.500. The van der Waals surface area contributed by atoms with E-state index in [4.69, 9.17) is 16.3 Å². The Labute approximate surface area is 88.4 Å². The summed E-state index contributed by atoms with van der Waals surface area (Å²) < 4.78 is 5.56. The fourth-order valence-electron chi connectivity index (χ4n) is 1.30. The first-order valence-corrected chi connectivity index (χ1v) is 5.12. The Balaban J connectivity index is 1.91. The van der Waals surface area contributed by atoms with E-state index >= 15 is 0 Å². The molecule has 2 rings (SSSR count). The molecule has 14 heavy (non-hydrogen) atoms. The molecule has 1 saturated heterocycles. The van der Waals surface area contributed by atoms with Gasteiger partial charge in [0.15, 0.2) is 0 Å². The summed E-state index contributed by atoms with van der Waals surface area (Å²) in [6, 6.07) is 2.42. The standard InChI is InChI=1S/C10H13ClN2O/c1-7-4-9(5-13-10(7)11)14-6-8-2-3-12-8/h4-5,8,12H,2-3,6H2,1H3/t8-/m1/s1. The van der Waals surface area contributed by atoms with E-state index in [-0.39, 0.29) is 0 Å². The van der Waals surface area contributed by atoms with Crippen LogP contribution in [0.25, 0.3) is 0 Å². The highest BCUT2D eigenvalue weighted by molar-refractivity contribution is 6.30. The summed E-state index contributed by atoms with van der Waals surface area (Å²) in [5.41, 5.74) is 0.950. The van der Waals surface area contributed by atoms with Crippen molar-refractivity contribution >= 4 is 11.6 Å². The molecule has 1 atom stereocenters. The SMILES string of the molecule is Cc1cc(OC[C@H]2CCN2)cnc1Cl. The van der Waals surface area contributed by atoms with Gasteiger partial charge >= 0.3 is 0 Å². The van der Waals surface area contributed by atoms with Gasteiger partial charge in [0.1, 0.15) is 17.5 Å². The van der Waals surface area contributed by atoms with Crippen LogP contribution in [0.5, 0.6) is 5.75 Å². The van der Waals surface area contributed by atoms with Crippen LogP contribution in [0.3, 0.4) is 0 Å². The van der Waals surface area contributed by atoms with E-state index in [0.29, 0.717) is 17.8 Å². The zero-order valence-electron chi connectivity index (χ0n) is 8.09. The van der Waals surface area contributed by atoms with E-state index < -0.39 is 0 Å². The summed E-state index contributed by atoms with van der Waals surface area (Å²) in [5, 5.41) is 3.81. The lowest BCUT2D eigenvalue weighted by Gasteiger charge is -2.27. The average molecular weight is 213 g/mol. The molecule has 4 heteroatoms. The molecule has 0 aliphatic carbocycles. The lowest BCUT2D eigenvalue weighted by atomic mass is 10.1. The van der Waals surface area contributed by atoms with Gasteiger partial charge < -0.3 is 10.1 Å². The molecule has 0 bridgehead atoms. The van der Waals surface area contributed by atoms with E-state index in [1.54, 1.807) is 6.20 Å². The molecule has 2 heterocycles. The fourth-order valence-corrected chi connectivity index (χ4v) is 1.40. The minimum atomic E-state index is 0.506. The quantitative estimate of drug-likeness (QED) is 0.776. The first-order valence-electron chi connectivity index (χ1n) is 4.74. The second kappa shape index (κ2) is 4.15. The lowest BCUT2D eigenvalue weighted by Crippen LogP contribution is -2.46. The molecule has 0 saturated carbocycles. The Morgan fingerprint density at radius 1 is 1.71 bits per heavy atom. The number of aryl methyl sites for hydroxylation is 1. The first-order chi connectivity index (χ1) is 6.75. The van der Waals surface area contributed by atoms with Crippen LogP contribution in [-0.2, 0) is 0 Å². The van der Waals surface area contributed by atoms with Crippen molar-refractivity contribution in [3.05, 3.63) is 23.0 Å². The third-order valence-corrected chi connectivity index (χ3v) is 2.76. The monoisotopic (exact) mass is 212 g/mol. The summed E-state index contributed by atoms with van der Waals surface area (Å²) in [4.78, 5) is 4.02.